The zero-order chi connectivity index (χ0) is 22.1. The molecule has 0 atom stereocenters. The minimum Gasteiger partial charge on any atom is -0.493 e. The molecule has 3 aromatic rings. The number of hydrogen-bond acceptors (Lipinski definition) is 5. The van der Waals surface area contributed by atoms with Crippen molar-refractivity contribution in [2.24, 2.45) is 0 Å². The van der Waals surface area contributed by atoms with Crippen molar-refractivity contribution < 1.29 is 22.6 Å². The first-order chi connectivity index (χ1) is 14.0. The van der Waals surface area contributed by atoms with Gasteiger partial charge in [-0.3, -0.25) is 0 Å². The Hall–Kier alpha value is -1.92. The maximum atomic E-state index is 13.3. The monoisotopic (exact) mass is 505 g/mol. The molecule has 3 heterocycles. The number of alkyl halides is 3. The van der Waals surface area contributed by atoms with Gasteiger partial charge in [0, 0.05) is 32.0 Å². The van der Waals surface area contributed by atoms with Gasteiger partial charge in [-0.2, -0.15) is 23.4 Å². The summed E-state index contributed by atoms with van der Waals surface area (Å²) >= 11 is 3.19. The topological polar surface area (TPSA) is 66.5 Å². The Balaban J connectivity index is 2.03. The molecule has 30 heavy (non-hydrogen) atoms. The Bertz CT molecular complexity index is 1030. The lowest BCUT2D eigenvalue weighted by atomic mass is 10.1. The van der Waals surface area contributed by atoms with Gasteiger partial charge in [0.2, 0.25) is 0 Å². The van der Waals surface area contributed by atoms with Crippen molar-refractivity contribution in [1.82, 2.24) is 24.4 Å². The number of nitrogens with zero attached hydrogens (tertiary/aromatic N) is 5. The molecule has 0 saturated carbocycles. The van der Waals surface area contributed by atoms with Crippen molar-refractivity contribution >= 4 is 29.7 Å². The predicted molar refractivity (Wildman–Crippen MR) is 112 cm³/mol. The van der Waals surface area contributed by atoms with Gasteiger partial charge in [-0.05, 0) is 28.0 Å². The molecular weight excluding hydrogens is 483 g/mol. The third-order valence-corrected chi connectivity index (χ3v) is 6.76. The summed E-state index contributed by atoms with van der Waals surface area (Å²) in [7, 11) is 0.176. The highest BCUT2D eigenvalue weighted by Gasteiger charge is 2.33. The fraction of sp³-hybridized carbons (Fsp3) is 0.500. The van der Waals surface area contributed by atoms with Crippen molar-refractivity contribution in [3.05, 3.63) is 28.8 Å². The fourth-order valence-electron chi connectivity index (χ4n) is 2.95. The average Bonchev–Trinajstić information content (AvgIpc) is 3.20. The molecule has 0 bridgehead atoms. The molecule has 7 nitrogen and oxygen atoms in total. The van der Waals surface area contributed by atoms with Gasteiger partial charge in [-0.15, -0.1) is 0 Å². The van der Waals surface area contributed by atoms with E-state index in [9.17, 15) is 13.2 Å². The van der Waals surface area contributed by atoms with E-state index >= 15 is 0 Å². The van der Waals surface area contributed by atoms with E-state index in [1.807, 2.05) is 0 Å². The van der Waals surface area contributed by atoms with E-state index in [4.69, 9.17) is 9.47 Å². The van der Waals surface area contributed by atoms with E-state index in [-0.39, 0.29) is 16.9 Å². The van der Waals surface area contributed by atoms with Crippen LogP contribution in [0.4, 0.5) is 13.2 Å². The molecule has 0 saturated heterocycles. The first-order valence-electron chi connectivity index (χ1n) is 9.26. The molecular formula is C18H23BrF3N5O2Si. The largest absolute Gasteiger partial charge is 0.493 e. The summed E-state index contributed by atoms with van der Waals surface area (Å²) < 4.78 is 54.0. The van der Waals surface area contributed by atoms with E-state index in [2.05, 4.69) is 50.8 Å². The third kappa shape index (κ3) is 5.41. The molecule has 0 fully saturated rings. The van der Waals surface area contributed by atoms with Crippen LogP contribution < -0.4 is 4.74 Å². The van der Waals surface area contributed by atoms with Crippen molar-refractivity contribution in [2.75, 3.05) is 13.7 Å². The van der Waals surface area contributed by atoms with Crippen LogP contribution in [0.15, 0.2) is 23.2 Å². The third-order valence-electron chi connectivity index (χ3n) is 4.42. The Morgan fingerprint density at radius 2 is 1.97 bits per heavy atom. The summed E-state index contributed by atoms with van der Waals surface area (Å²) in [6.45, 7) is 7.24. The molecule has 0 aliphatic rings. The Morgan fingerprint density at radius 1 is 1.23 bits per heavy atom. The molecule has 0 radical (unpaired) electrons. The molecule has 0 amide bonds. The Kier molecular flexibility index (Phi) is 6.58. The summed E-state index contributed by atoms with van der Waals surface area (Å²) in [6, 6.07) is 2.57. The molecule has 12 heteroatoms. The second kappa shape index (κ2) is 8.67. The summed E-state index contributed by atoms with van der Waals surface area (Å²) in [5.74, 6) is 0.395. The highest BCUT2D eigenvalue weighted by molar-refractivity contribution is 9.10. The molecule has 3 rings (SSSR count). The Labute approximate surface area is 181 Å². The number of halogens is 4. The lowest BCUT2D eigenvalue weighted by Gasteiger charge is -2.16. The van der Waals surface area contributed by atoms with E-state index < -0.39 is 20.7 Å². The second-order valence-electron chi connectivity index (χ2n) is 8.08. The summed E-state index contributed by atoms with van der Waals surface area (Å²) in [6.07, 6.45) is -2.57. The van der Waals surface area contributed by atoms with Crippen molar-refractivity contribution in [2.45, 2.75) is 45.0 Å². The van der Waals surface area contributed by atoms with Gasteiger partial charge in [0.15, 0.2) is 11.4 Å². The number of pyridine rings is 1. The van der Waals surface area contributed by atoms with Gasteiger partial charge >= 0.3 is 6.18 Å². The standard InChI is InChI=1S/C18H23BrF3N5O2Si/c1-28-14-7-12(9-26-17(14)23-10-24-26)15-13(8-18(20,21)22)16(19)25-27(15)11-29-5-6-30(2,3)4/h7,9-10H,5-6,8,11H2,1-4H3. The van der Waals surface area contributed by atoms with Crippen LogP contribution in [0, 0.1) is 0 Å². The van der Waals surface area contributed by atoms with Gasteiger partial charge in [0.05, 0.1) is 19.2 Å². The Morgan fingerprint density at radius 3 is 2.60 bits per heavy atom. The lowest BCUT2D eigenvalue weighted by Crippen LogP contribution is -2.22. The molecule has 0 spiro atoms. The highest BCUT2D eigenvalue weighted by atomic mass is 79.9. The quantitative estimate of drug-likeness (QED) is 0.325. The first-order valence-corrected chi connectivity index (χ1v) is 13.8. The minimum absolute atomic E-state index is 0.0258. The maximum Gasteiger partial charge on any atom is 0.393 e. The van der Waals surface area contributed by atoms with Crippen molar-refractivity contribution in [3.8, 4) is 17.0 Å². The maximum absolute atomic E-state index is 13.3. The van der Waals surface area contributed by atoms with Gasteiger partial charge in [0.1, 0.15) is 17.7 Å². The SMILES string of the molecule is COc1cc(-c2c(CC(F)(F)F)c(Br)nn2COCC[Si](C)(C)C)cn2ncnc12. The number of fused-ring (bicyclic) bond motifs is 1. The smallest absolute Gasteiger partial charge is 0.393 e. The molecule has 0 N–H and O–H groups in total. The normalized spacial score (nSPS) is 12.7. The van der Waals surface area contributed by atoms with Crippen LogP contribution in [-0.2, 0) is 17.9 Å². The number of aromatic nitrogens is 5. The van der Waals surface area contributed by atoms with Crippen molar-refractivity contribution in [3.63, 3.8) is 0 Å². The van der Waals surface area contributed by atoms with E-state index in [1.54, 1.807) is 12.3 Å². The van der Waals surface area contributed by atoms with Gasteiger partial charge in [0.25, 0.3) is 0 Å². The molecule has 164 valence electrons. The van der Waals surface area contributed by atoms with E-state index in [1.165, 1.54) is 22.6 Å². The zero-order valence-corrected chi connectivity index (χ0v) is 19.7. The van der Waals surface area contributed by atoms with Crippen molar-refractivity contribution in [1.29, 1.82) is 0 Å². The first kappa shape index (κ1) is 22.8. The van der Waals surface area contributed by atoms with Crippen LogP contribution in [0.2, 0.25) is 25.7 Å². The molecule has 0 aliphatic heterocycles. The molecule has 0 unspecified atom stereocenters. The molecule has 3 aromatic heterocycles. The van der Waals surface area contributed by atoms with Gasteiger partial charge < -0.3 is 9.47 Å². The fourth-order valence-corrected chi connectivity index (χ4v) is 4.22. The van der Waals surface area contributed by atoms with E-state index in [0.717, 1.165) is 6.04 Å². The van der Waals surface area contributed by atoms with Crippen LogP contribution in [0.25, 0.3) is 16.9 Å². The zero-order valence-electron chi connectivity index (χ0n) is 17.1. The lowest BCUT2D eigenvalue weighted by molar-refractivity contribution is -0.127. The summed E-state index contributed by atoms with van der Waals surface area (Å²) in [5.41, 5.74) is 1.26. The summed E-state index contributed by atoms with van der Waals surface area (Å²) in [5, 5.41) is 8.35. The van der Waals surface area contributed by atoms with E-state index in [0.29, 0.717) is 29.3 Å². The number of methoxy groups -OCH3 is 1. The van der Waals surface area contributed by atoms with Gasteiger partial charge in [-0.1, -0.05) is 19.6 Å². The number of hydrogen-bond donors (Lipinski definition) is 0. The molecule has 0 aliphatic carbocycles. The van der Waals surface area contributed by atoms with Crippen LogP contribution >= 0.6 is 15.9 Å². The number of ether oxygens (including phenoxy) is 2. The minimum atomic E-state index is -4.40. The van der Waals surface area contributed by atoms with Crippen LogP contribution in [0.5, 0.6) is 5.75 Å². The molecule has 0 aromatic carbocycles. The predicted octanol–water partition coefficient (Wildman–Crippen LogP) is 4.78. The second-order valence-corrected chi connectivity index (χ2v) is 14.5. The number of rotatable bonds is 8. The van der Waals surface area contributed by atoms with Crippen LogP contribution in [-0.4, -0.2) is 52.3 Å². The van der Waals surface area contributed by atoms with Crippen LogP contribution in [0.3, 0.4) is 0 Å². The average molecular weight is 506 g/mol. The summed E-state index contributed by atoms with van der Waals surface area (Å²) in [4.78, 5) is 4.11. The van der Waals surface area contributed by atoms with Crippen LogP contribution in [0.1, 0.15) is 5.56 Å². The van der Waals surface area contributed by atoms with Gasteiger partial charge in [-0.25, -0.2) is 14.2 Å². The highest BCUT2D eigenvalue weighted by Crippen LogP contribution is 2.36.